The Bertz CT molecular complexity index is 495. The van der Waals surface area contributed by atoms with Crippen molar-refractivity contribution in [3.05, 3.63) is 23.8 Å². The molecule has 2 nitrogen and oxygen atoms in total. The Morgan fingerprint density at radius 3 is 2.21 bits per heavy atom. The van der Waals surface area contributed by atoms with Gasteiger partial charge in [-0.05, 0) is 56.3 Å². The van der Waals surface area contributed by atoms with E-state index in [1.165, 1.54) is 0 Å². The van der Waals surface area contributed by atoms with Crippen molar-refractivity contribution < 1.29 is 9.53 Å². The van der Waals surface area contributed by atoms with Crippen LogP contribution in [-0.2, 0) is 9.53 Å². The third kappa shape index (κ3) is 6.45. The van der Waals surface area contributed by atoms with Crippen LogP contribution in [0.15, 0.2) is 23.8 Å². The number of ether oxygens (including phenoxy) is 1. The Kier molecular flexibility index (Phi) is 6.52. The van der Waals surface area contributed by atoms with Crippen LogP contribution in [0.2, 0.25) is 0 Å². The van der Waals surface area contributed by atoms with Crippen LogP contribution in [0.3, 0.4) is 0 Å². The van der Waals surface area contributed by atoms with Crippen LogP contribution in [0.5, 0.6) is 0 Å². The molecule has 2 unspecified atom stereocenters. The molecule has 0 aromatic heterocycles. The summed E-state index contributed by atoms with van der Waals surface area (Å²) in [6.45, 7) is 19.7. The van der Waals surface area contributed by atoms with Crippen LogP contribution >= 0.6 is 0 Å². The van der Waals surface area contributed by atoms with Gasteiger partial charge >= 0.3 is 5.97 Å². The number of hydrogen-bond donors (Lipinski definition) is 0. The summed E-state index contributed by atoms with van der Waals surface area (Å²) in [7, 11) is 0. The third-order valence-electron chi connectivity index (χ3n) is 5.00. The van der Waals surface area contributed by atoms with Gasteiger partial charge in [0.05, 0.1) is 5.57 Å². The Hall–Kier alpha value is -1.05. The van der Waals surface area contributed by atoms with E-state index in [-0.39, 0.29) is 16.8 Å². The van der Waals surface area contributed by atoms with Crippen molar-refractivity contribution >= 4 is 5.97 Å². The molecule has 1 rings (SSSR count). The molecule has 2 atom stereocenters. The molecule has 0 heterocycles. The van der Waals surface area contributed by atoms with Crippen molar-refractivity contribution in [3.63, 3.8) is 0 Å². The molecule has 0 N–H and O–H groups in total. The number of esters is 1. The summed E-state index contributed by atoms with van der Waals surface area (Å²) in [6.07, 6.45) is 9.55. The van der Waals surface area contributed by atoms with E-state index in [0.29, 0.717) is 17.4 Å². The largest absolute Gasteiger partial charge is 0.456 e. The monoisotopic (exact) mass is 334 g/mol. The molecule has 2 heteroatoms. The average Bonchev–Trinajstić information content (AvgIpc) is 2.42. The van der Waals surface area contributed by atoms with Crippen molar-refractivity contribution in [1.29, 1.82) is 0 Å². The SMILES string of the molecule is CCC(C)(C)C(CC(C)(C)C)C1C=C(C(=O)OC(C)(C)C)C=CC1. The summed E-state index contributed by atoms with van der Waals surface area (Å²) in [5, 5.41) is 0. The van der Waals surface area contributed by atoms with Crippen LogP contribution in [0.25, 0.3) is 0 Å². The predicted octanol–water partition coefficient (Wildman–Crippen LogP) is 6.32. The maximum Gasteiger partial charge on any atom is 0.338 e. The van der Waals surface area contributed by atoms with E-state index in [9.17, 15) is 4.79 Å². The molecule has 138 valence electrons. The van der Waals surface area contributed by atoms with Gasteiger partial charge in [0.1, 0.15) is 5.60 Å². The lowest BCUT2D eigenvalue weighted by molar-refractivity contribution is -0.149. The van der Waals surface area contributed by atoms with Crippen LogP contribution in [0.1, 0.15) is 81.6 Å². The molecule has 0 spiro atoms. The molecule has 0 radical (unpaired) electrons. The lowest BCUT2D eigenvalue weighted by Gasteiger charge is -2.42. The fourth-order valence-corrected chi connectivity index (χ4v) is 3.39. The van der Waals surface area contributed by atoms with Gasteiger partial charge in [-0.1, -0.05) is 66.2 Å². The van der Waals surface area contributed by atoms with Gasteiger partial charge in [-0.2, -0.15) is 0 Å². The fourth-order valence-electron chi connectivity index (χ4n) is 3.39. The Morgan fingerprint density at radius 2 is 1.75 bits per heavy atom. The molecule has 0 saturated heterocycles. The molecule has 0 bridgehead atoms. The number of allylic oxidation sites excluding steroid dienone is 2. The molecule has 0 fully saturated rings. The highest BCUT2D eigenvalue weighted by Gasteiger charge is 2.37. The Labute approximate surface area is 149 Å². The normalized spacial score (nSPS) is 20.5. The quantitative estimate of drug-likeness (QED) is 0.550. The molecule has 0 saturated carbocycles. The summed E-state index contributed by atoms with van der Waals surface area (Å²) < 4.78 is 5.56. The molecular weight excluding hydrogens is 296 g/mol. The standard InChI is InChI=1S/C22H38O2/c1-10-22(8,9)18(15-20(2,3)4)16-12-11-13-17(14-16)19(23)24-21(5,6)7/h11,13-14,16,18H,10,12,15H2,1-9H3. The zero-order valence-electron chi connectivity index (χ0n) is 17.3. The highest BCUT2D eigenvalue weighted by atomic mass is 16.6. The highest BCUT2D eigenvalue weighted by molar-refractivity contribution is 5.92. The zero-order valence-corrected chi connectivity index (χ0v) is 17.3. The average molecular weight is 335 g/mol. The minimum atomic E-state index is -0.452. The zero-order chi connectivity index (χ0) is 18.8. The smallest absolute Gasteiger partial charge is 0.338 e. The van der Waals surface area contributed by atoms with Gasteiger partial charge in [0.15, 0.2) is 0 Å². The third-order valence-corrected chi connectivity index (χ3v) is 5.00. The topological polar surface area (TPSA) is 26.3 Å². The Morgan fingerprint density at radius 1 is 1.17 bits per heavy atom. The summed E-state index contributed by atoms with van der Waals surface area (Å²) in [5.41, 5.74) is 0.787. The van der Waals surface area contributed by atoms with E-state index >= 15 is 0 Å². The first-order valence-corrected chi connectivity index (χ1v) is 9.37. The van der Waals surface area contributed by atoms with Gasteiger partial charge in [-0.15, -0.1) is 0 Å². The molecule has 0 amide bonds. The minimum Gasteiger partial charge on any atom is -0.456 e. The summed E-state index contributed by atoms with van der Waals surface area (Å²) in [5.74, 6) is 0.740. The summed E-state index contributed by atoms with van der Waals surface area (Å²) >= 11 is 0. The van der Waals surface area contributed by atoms with Gasteiger partial charge in [0.2, 0.25) is 0 Å². The van der Waals surface area contributed by atoms with Crippen LogP contribution in [-0.4, -0.2) is 11.6 Å². The van der Waals surface area contributed by atoms with Crippen LogP contribution < -0.4 is 0 Å². The summed E-state index contributed by atoms with van der Waals surface area (Å²) in [4.78, 5) is 12.4. The Balaban J connectivity index is 3.07. The van der Waals surface area contributed by atoms with E-state index in [1.807, 2.05) is 26.8 Å². The van der Waals surface area contributed by atoms with E-state index in [0.717, 1.165) is 19.3 Å². The maximum atomic E-state index is 12.4. The second-order valence-electron chi connectivity index (χ2n) is 10.1. The van der Waals surface area contributed by atoms with Gasteiger partial charge in [0.25, 0.3) is 0 Å². The molecule has 24 heavy (non-hydrogen) atoms. The van der Waals surface area contributed by atoms with E-state index in [4.69, 9.17) is 4.74 Å². The number of hydrogen-bond acceptors (Lipinski definition) is 2. The second kappa shape index (κ2) is 7.45. The predicted molar refractivity (Wildman–Crippen MR) is 103 cm³/mol. The van der Waals surface area contributed by atoms with Crippen molar-refractivity contribution in [2.45, 2.75) is 87.2 Å². The molecule has 1 aliphatic carbocycles. The summed E-state index contributed by atoms with van der Waals surface area (Å²) in [6, 6.07) is 0. The number of carbonyl (C=O) groups excluding carboxylic acids is 1. The first-order chi connectivity index (χ1) is 10.7. The van der Waals surface area contributed by atoms with Crippen molar-refractivity contribution in [2.75, 3.05) is 0 Å². The molecule has 0 aliphatic heterocycles. The van der Waals surface area contributed by atoms with Crippen molar-refractivity contribution in [3.8, 4) is 0 Å². The van der Waals surface area contributed by atoms with Crippen molar-refractivity contribution in [1.82, 2.24) is 0 Å². The maximum absolute atomic E-state index is 12.4. The van der Waals surface area contributed by atoms with E-state index in [1.54, 1.807) is 0 Å². The van der Waals surface area contributed by atoms with Gasteiger partial charge in [-0.3, -0.25) is 0 Å². The fraction of sp³-hybridized carbons (Fsp3) is 0.773. The van der Waals surface area contributed by atoms with Crippen LogP contribution in [0, 0.1) is 22.7 Å². The van der Waals surface area contributed by atoms with Crippen LogP contribution in [0.4, 0.5) is 0 Å². The van der Waals surface area contributed by atoms with Gasteiger partial charge < -0.3 is 4.74 Å². The van der Waals surface area contributed by atoms with E-state index in [2.05, 4.69) is 53.7 Å². The van der Waals surface area contributed by atoms with Gasteiger partial charge in [0, 0.05) is 0 Å². The first-order valence-electron chi connectivity index (χ1n) is 9.37. The molecule has 0 aromatic carbocycles. The number of carbonyl (C=O) groups is 1. The lowest BCUT2D eigenvalue weighted by atomic mass is 9.63. The molecule has 0 aromatic rings. The molecule has 1 aliphatic rings. The second-order valence-corrected chi connectivity index (χ2v) is 10.1. The minimum absolute atomic E-state index is 0.202. The molecular formula is C22H38O2. The number of rotatable bonds is 5. The van der Waals surface area contributed by atoms with Gasteiger partial charge in [-0.25, -0.2) is 4.79 Å². The highest BCUT2D eigenvalue weighted by Crippen LogP contribution is 2.45. The lowest BCUT2D eigenvalue weighted by Crippen LogP contribution is -2.34. The first kappa shape index (κ1) is 21.0. The van der Waals surface area contributed by atoms with Crippen molar-refractivity contribution in [2.24, 2.45) is 22.7 Å². The van der Waals surface area contributed by atoms with E-state index < -0.39 is 5.60 Å².